The zero-order valence-electron chi connectivity index (χ0n) is 19.9. The number of ether oxygens (including phenoxy) is 2. The third-order valence-electron chi connectivity index (χ3n) is 5.16. The summed E-state index contributed by atoms with van der Waals surface area (Å²) < 4.78 is 38.9. The van der Waals surface area contributed by atoms with Crippen LogP contribution in [0.2, 0.25) is 0 Å². The summed E-state index contributed by atoms with van der Waals surface area (Å²) in [5, 5.41) is 2.73. The van der Waals surface area contributed by atoms with Gasteiger partial charge in [0.2, 0.25) is 5.91 Å². The van der Waals surface area contributed by atoms with E-state index in [1.165, 1.54) is 12.1 Å². The summed E-state index contributed by atoms with van der Waals surface area (Å²) in [6.07, 6.45) is 0. The predicted octanol–water partition coefficient (Wildman–Crippen LogP) is 4.40. The van der Waals surface area contributed by atoms with Gasteiger partial charge in [-0.2, -0.15) is 0 Å². The largest absolute Gasteiger partial charge is 0.492 e. The van der Waals surface area contributed by atoms with Crippen molar-refractivity contribution in [2.45, 2.75) is 25.7 Å². The average Bonchev–Trinajstić information content (AvgIpc) is 2.85. The van der Waals surface area contributed by atoms with Crippen LogP contribution < -0.4 is 14.4 Å². The second-order valence-electron chi connectivity index (χ2n) is 7.47. The van der Waals surface area contributed by atoms with E-state index in [0.717, 1.165) is 4.31 Å². The molecule has 184 valence electrons. The van der Waals surface area contributed by atoms with Gasteiger partial charge in [-0.25, -0.2) is 13.2 Å². The van der Waals surface area contributed by atoms with E-state index in [9.17, 15) is 18.0 Å². The number of sulfonamides is 1. The minimum atomic E-state index is -4.10. The number of carbonyl (C=O) groups is 2. The number of amides is 1. The highest BCUT2D eigenvalue weighted by atomic mass is 32.2. The van der Waals surface area contributed by atoms with Crippen molar-refractivity contribution in [2.75, 3.05) is 29.4 Å². The maximum Gasteiger partial charge on any atom is 0.338 e. The van der Waals surface area contributed by atoms with Gasteiger partial charge >= 0.3 is 5.97 Å². The maximum atomic E-state index is 13.6. The number of esters is 1. The van der Waals surface area contributed by atoms with Crippen molar-refractivity contribution in [1.82, 2.24) is 0 Å². The van der Waals surface area contributed by atoms with E-state index in [-0.39, 0.29) is 17.2 Å². The van der Waals surface area contributed by atoms with Crippen LogP contribution in [0.25, 0.3) is 0 Å². The number of nitrogens with zero attached hydrogens (tertiary/aromatic N) is 1. The normalized spacial score (nSPS) is 10.9. The molecule has 0 aliphatic heterocycles. The summed E-state index contributed by atoms with van der Waals surface area (Å²) in [6, 6.07) is 19.4. The van der Waals surface area contributed by atoms with Crippen LogP contribution in [-0.4, -0.2) is 40.1 Å². The highest BCUT2D eigenvalue weighted by molar-refractivity contribution is 7.92. The lowest BCUT2D eigenvalue weighted by molar-refractivity contribution is -0.114. The first kappa shape index (κ1) is 25.8. The molecule has 3 aromatic rings. The Labute approximate surface area is 205 Å². The second-order valence-corrected chi connectivity index (χ2v) is 9.33. The number of anilines is 2. The first-order valence-electron chi connectivity index (χ1n) is 11.2. The van der Waals surface area contributed by atoms with Crippen LogP contribution in [0.5, 0.6) is 5.75 Å². The fraction of sp³-hybridized carbons (Fsp3) is 0.231. The monoisotopic (exact) mass is 496 g/mol. The molecule has 0 unspecified atom stereocenters. The van der Waals surface area contributed by atoms with Crippen LogP contribution in [0.1, 0.15) is 29.8 Å². The van der Waals surface area contributed by atoms with Crippen molar-refractivity contribution in [2.24, 2.45) is 0 Å². The van der Waals surface area contributed by atoms with Gasteiger partial charge in [-0.3, -0.25) is 9.10 Å². The van der Waals surface area contributed by atoms with Crippen LogP contribution in [0.15, 0.2) is 77.7 Å². The molecule has 3 rings (SSSR count). The molecule has 0 fully saturated rings. The van der Waals surface area contributed by atoms with E-state index in [0.29, 0.717) is 29.2 Å². The molecular formula is C26H28N2O6S. The average molecular weight is 497 g/mol. The molecule has 0 aromatic heterocycles. The van der Waals surface area contributed by atoms with Crippen LogP contribution >= 0.6 is 0 Å². The van der Waals surface area contributed by atoms with Crippen molar-refractivity contribution >= 4 is 33.3 Å². The number of rotatable bonds is 10. The van der Waals surface area contributed by atoms with Crippen molar-refractivity contribution in [1.29, 1.82) is 0 Å². The summed E-state index contributed by atoms with van der Waals surface area (Å²) in [7, 11) is -4.10. The lowest BCUT2D eigenvalue weighted by atomic mass is 10.1. The van der Waals surface area contributed by atoms with E-state index < -0.39 is 28.4 Å². The van der Waals surface area contributed by atoms with Crippen LogP contribution in [-0.2, 0) is 19.6 Å². The Hall–Kier alpha value is -3.85. The molecule has 0 aliphatic rings. The van der Waals surface area contributed by atoms with Crippen molar-refractivity contribution < 1.29 is 27.5 Å². The smallest absolute Gasteiger partial charge is 0.338 e. The van der Waals surface area contributed by atoms with Gasteiger partial charge in [0, 0.05) is 5.69 Å². The molecule has 0 saturated carbocycles. The molecule has 0 saturated heterocycles. The highest BCUT2D eigenvalue weighted by Gasteiger charge is 2.29. The first-order valence-corrected chi connectivity index (χ1v) is 12.6. The highest BCUT2D eigenvalue weighted by Crippen LogP contribution is 2.32. The minimum absolute atomic E-state index is 0.0413. The molecule has 1 amide bonds. The predicted molar refractivity (Wildman–Crippen MR) is 134 cm³/mol. The Morgan fingerprint density at radius 2 is 1.57 bits per heavy atom. The Kier molecular flexibility index (Phi) is 8.48. The third kappa shape index (κ3) is 5.99. The summed E-state index contributed by atoms with van der Waals surface area (Å²) >= 11 is 0. The molecule has 0 aliphatic carbocycles. The molecule has 0 bridgehead atoms. The van der Waals surface area contributed by atoms with Gasteiger partial charge in [0.05, 0.1) is 29.4 Å². The standard InChI is InChI=1S/C26H28N2O6S/c1-4-33-24-17-10-9-16-23(24)28(35(31,32)20-12-7-6-8-13-20)18-25(29)27-22-15-11-14-21(19(22)3)26(30)34-5-2/h6-17H,4-5,18H2,1-3H3,(H,27,29). The van der Waals surface area contributed by atoms with E-state index in [4.69, 9.17) is 9.47 Å². The Balaban J connectivity index is 1.97. The second kappa shape index (κ2) is 11.5. The summed E-state index contributed by atoms with van der Waals surface area (Å²) in [5.74, 6) is -0.747. The Morgan fingerprint density at radius 3 is 2.26 bits per heavy atom. The van der Waals surface area contributed by atoms with Crippen LogP contribution in [0, 0.1) is 6.92 Å². The van der Waals surface area contributed by atoms with E-state index >= 15 is 0 Å². The molecule has 9 heteroatoms. The van der Waals surface area contributed by atoms with Gasteiger partial charge in [-0.05, 0) is 62.7 Å². The third-order valence-corrected chi connectivity index (χ3v) is 6.93. The van der Waals surface area contributed by atoms with E-state index in [1.807, 2.05) is 0 Å². The van der Waals surface area contributed by atoms with Gasteiger partial charge in [0.15, 0.2) is 0 Å². The number of benzene rings is 3. The van der Waals surface area contributed by atoms with E-state index in [1.54, 1.807) is 81.4 Å². The fourth-order valence-electron chi connectivity index (χ4n) is 3.48. The molecular weight excluding hydrogens is 468 g/mol. The molecule has 8 nitrogen and oxygen atoms in total. The molecule has 1 N–H and O–H groups in total. The van der Waals surface area contributed by atoms with Crippen LogP contribution in [0.3, 0.4) is 0 Å². The van der Waals surface area contributed by atoms with Gasteiger partial charge in [0.25, 0.3) is 10.0 Å². The number of hydrogen-bond acceptors (Lipinski definition) is 6. The summed E-state index contributed by atoms with van der Waals surface area (Å²) in [5.41, 5.74) is 1.47. The van der Waals surface area contributed by atoms with E-state index in [2.05, 4.69) is 5.32 Å². The Bertz CT molecular complexity index is 1290. The fourth-order valence-corrected chi connectivity index (χ4v) is 4.93. The molecule has 35 heavy (non-hydrogen) atoms. The van der Waals surface area contributed by atoms with Gasteiger partial charge in [-0.15, -0.1) is 0 Å². The Morgan fingerprint density at radius 1 is 0.886 bits per heavy atom. The quantitative estimate of drug-likeness (QED) is 0.417. The number of hydrogen-bond donors (Lipinski definition) is 1. The first-order chi connectivity index (χ1) is 16.8. The summed E-state index contributed by atoms with van der Waals surface area (Å²) in [6.45, 7) is 5.22. The minimum Gasteiger partial charge on any atom is -0.492 e. The molecule has 0 heterocycles. The number of carbonyl (C=O) groups excluding carboxylic acids is 2. The topological polar surface area (TPSA) is 102 Å². The van der Waals surface area contributed by atoms with Crippen molar-refractivity contribution in [3.8, 4) is 5.75 Å². The SMILES string of the molecule is CCOC(=O)c1cccc(NC(=O)CN(c2ccccc2OCC)S(=O)(=O)c2ccccc2)c1C. The molecule has 0 radical (unpaired) electrons. The van der Waals surface area contributed by atoms with Gasteiger partial charge in [-0.1, -0.05) is 36.4 Å². The van der Waals surface area contributed by atoms with Crippen molar-refractivity contribution in [3.63, 3.8) is 0 Å². The van der Waals surface area contributed by atoms with Gasteiger partial charge < -0.3 is 14.8 Å². The molecule has 3 aromatic carbocycles. The summed E-state index contributed by atoms with van der Waals surface area (Å²) in [4.78, 5) is 25.4. The number of para-hydroxylation sites is 2. The van der Waals surface area contributed by atoms with Gasteiger partial charge in [0.1, 0.15) is 12.3 Å². The zero-order valence-corrected chi connectivity index (χ0v) is 20.7. The lowest BCUT2D eigenvalue weighted by Gasteiger charge is -2.26. The lowest BCUT2D eigenvalue weighted by Crippen LogP contribution is -2.38. The molecule has 0 spiro atoms. The number of nitrogens with one attached hydrogen (secondary N) is 1. The maximum absolute atomic E-state index is 13.6. The molecule has 0 atom stereocenters. The van der Waals surface area contributed by atoms with Crippen molar-refractivity contribution in [3.05, 3.63) is 83.9 Å². The zero-order chi connectivity index (χ0) is 25.4. The van der Waals surface area contributed by atoms with Crippen LogP contribution in [0.4, 0.5) is 11.4 Å².